The predicted molar refractivity (Wildman–Crippen MR) is 132 cm³/mol. The Labute approximate surface area is 207 Å². The largest absolute Gasteiger partial charge is 0.378 e. The molecule has 1 aliphatic carbocycles. The van der Waals surface area contributed by atoms with Crippen LogP contribution >= 0.6 is 11.6 Å². The third-order valence-corrected chi connectivity index (χ3v) is 7.58. The number of nitrogens with two attached hydrogens (primary N) is 1. The smallest absolute Gasteiger partial charge is 0.252 e. The van der Waals surface area contributed by atoms with E-state index < -0.39 is 11.3 Å². The second-order valence-corrected chi connectivity index (χ2v) is 9.79. The van der Waals surface area contributed by atoms with Crippen LogP contribution in [0.4, 0.5) is 5.69 Å². The minimum Gasteiger partial charge on any atom is -0.378 e. The zero-order chi connectivity index (χ0) is 24.7. The third-order valence-electron chi connectivity index (χ3n) is 7.38. The summed E-state index contributed by atoms with van der Waals surface area (Å²) in [7, 11) is 0. The minimum atomic E-state index is -0.877. The monoisotopic (exact) mass is 491 g/mol. The lowest BCUT2D eigenvalue weighted by atomic mass is 9.69. The first-order valence-electron chi connectivity index (χ1n) is 11.8. The molecule has 4 heterocycles. The minimum absolute atomic E-state index is 0.0801. The molecule has 9 nitrogen and oxygen atoms in total. The second kappa shape index (κ2) is 8.86. The second-order valence-electron chi connectivity index (χ2n) is 9.40. The molecule has 35 heavy (non-hydrogen) atoms. The standard InChI is InChI=1S/C25H26ClN7O2/c1-2-15-11-32(24(35)25(14-27)5-3-6-25)13-19(15)31-22-18(23(28)34)10-30-33-12-17(8-20(22)33)16-4-7-29-21(26)9-16/h4,7-10,12,15,19,31H,2-3,5-6,11,13H2,1H3,(H2,28,34)/t15-,19-/m1/s1. The lowest BCUT2D eigenvalue weighted by molar-refractivity contribution is -0.142. The molecule has 0 radical (unpaired) electrons. The molecule has 2 aliphatic rings. The molecular formula is C25H26ClN7O2. The molecule has 0 bridgehead atoms. The van der Waals surface area contributed by atoms with Crippen LogP contribution in [0.25, 0.3) is 16.6 Å². The summed E-state index contributed by atoms with van der Waals surface area (Å²) in [6.45, 7) is 3.11. The van der Waals surface area contributed by atoms with Gasteiger partial charge in [-0.15, -0.1) is 0 Å². The molecule has 2 fully saturated rings. The Balaban J connectivity index is 1.49. The Hall–Kier alpha value is -3.64. The van der Waals surface area contributed by atoms with Gasteiger partial charge in [0.1, 0.15) is 10.6 Å². The number of anilines is 1. The van der Waals surface area contributed by atoms with Gasteiger partial charge in [0, 0.05) is 37.1 Å². The molecule has 3 aromatic heterocycles. The van der Waals surface area contributed by atoms with Gasteiger partial charge in [0.05, 0.1) is 29.0 Å². The number of pyridine rings is 1. The summed E-state index contributed by atoms with van der Waals surface area (Å²) in [6.07, 6.45) is 7.93. The zero-order valence-corrected chi connectivity index (χ0v) is 20.1. The normalized spacial score (nSPS) is 20.9. The summed E-state index contributed by atoms with van der Waals surface area (Å²) < 4.78 is 1.69. The van der Waals surface area contributed by atoms with Gasteiger partial charge >= 0.3 is 0 Å². The Morgan fingerprint density at radius 2 is 2.11 bits per heavy atom. The number of halogens is 1. The Kier molecular flexibility index (Phi) is 5.85. The first-order valence-corrected chi connectivity index (χ1v) is 12.1. The van der Waals surface area contributed by atoms with Crippen molar-refractivity contribution in [3.05, 3.63) is 47.5 Å². The van der Waals surface area contributed by atoms with E-state index in [1.807, 2.05) is 18.3 Å². The summed E-state index contributed by atoms with van der Waals surface area (Å²) in [4.78, 5) is 31.3. The van der Waals surface area contributed by atoms with Gasteiger partial charge in [-0.25, -0.2) is 9.50 Å². The van der Waals surface area contributed by atoms with E-state index in [1.165, 1.54) is 6.20 Å². The van der Waals surface area contributed by atoms with Gasteiger partial charge in [-0.1, -0.05) is 18.5 Å². The number of nitriles is 1. The first-order chi connectivity index (χ1) is 16.8. The van der Waals surface area contributed by atoms with E-state index in [0.29, 0.717) is 42.3 Å². The fourth-order valence-electron chi connectivity index (χ4n) is 5.14. The van der Waals surface area contributed by atoms with Gasteiger partial charge in [0.15, 0.2) is 0 Å². The van der Waals surface area contributed by atoms with E-state index in [9.17, 15) is 14.9 Å². The van der Waals surface area contributed by atoms with Gasteiger partial charge in [-0.3, -0.25) is 9.59 Å². The summed E-state index contributed by atoms with van der Waals surface area (Å²) in [6, 6.07) is 7.69. The van der Waals surface area contributed by atoms with Crippen LogP contribution in [0.5, 0.6) is 0 Å². The number of nitrogens with zero attached hydrogens (tertiary/aromatic N) is 5. The highest BCUT2D eigenvalue weighted by atomic mass is 35.5. The Bertz CT molecular complexity index is 1360. The highest BCUT2D eigenvalue weighted by molar-refractivity contribution is 6.29. The molecule has 3 aromatic rings. The molecule has 1 aliphatic heterocycles. The molecule has 3 N–H and O–H groups in total. The third kappa shape index (κ3) is 3.98. The molecule has 10 heteroatoms. The van der Waals surface area contributed by atoms with E-state index in [1.54, 1.807) is 21.7 Å². The van der Waals surface area contributed by atoms with E-state index in [4.69, 9.17) is 17.3 Å². The number of aromatic nitrogens is 3. The molecule has 5 rings (SSSR count). The topological polar surface area (TPSA) is 129 Å². The summed E-state index contributed by atoms with van der Waals surface area (Å²) in [5.74, 6) is -0.505. The lowest BCUT2D eigenvalue weighted by Crippen LogP contribution is -2.46. The van der Waals surface area contributed by atoms with Crippen molar-refractivity contribution in [3.63, 3.8) is 0 Å². The molecule has 180 valence electrons. The van der Waals surface area contributed by atoms with Crippen molar-refractivity contribution < 1.29 is 9.59 Å². The number of likely N-dealkylation sites (tertiary alicyclic amines) is 1. The molecule has 0 unspecified atom stereocenters. The number of fused-ring (bicyclic) bond motifs is 1. The fourth-order valence-corrected chi connectivity index (χ4v) is 5.32. The van der Waals surface area contributed by atoms with Crippen molar-refractivity contribution in [2.24, 2.45) is 17.1 Å². The average Bonchev–Trinajstić information content (AvgIpc) is 3.43. The van der Waals surface area contributed by atoms with Crippen LogP contribution in [0.15, 0.2) is 36.8 Å². The number of carbonyl (C=O) groups is 2. The molecule has 1 saturated carbocycles. The maximum Gasteiger partial charge on any atom is 0.252 e. The summed E-state index contributed by atoms with van der Waals surface area (Å²) in [5.41, 5.74) is 8.11. The number of nitrogens with one attached hydrogen (secondary N) is 1. The zero-order valence-electron chi connectivity index (χ0n) is 19.4. The summed E-state index contributed by atoms with van der Waals surface area (Å²) in [5, 5.41) is 17.9. The van der Waals surface area contributed by atoms with Crippen LogP contribution in [0.2, 0.25) is 5.15 Å². The molecule has 2 amide bonds. The van der Waals surface area contributed by atoms with E-state index in [2.05, 4.69) is 28.4 Å². The molecule has 2 atom stereocenters. The van der Waals surface area contributed by atoms with E-state index in [0.717, 1.165) is 24.0 Å². The van der Waals surface area contributed by atoms with Crippen LogP contribution in [0, 0.1) is 22.7 Å². The van der Waals surface area contributed by atoms with Gasteiger partial charge in [-0.2, -0.15) is 10.4 Å². The van der Waals surface area contributed by atoms with Gasteiger partial charge in [0.2, 0.25) is 5.91 Å². The molecular weight excluding hydrogens is 466 g/mol. The SMILES string of the molecule is CC[C@@H]1CN(C(=O)C2(C#N)CCC2)C[C@H]1Nc1c(C(N)=O)cnn2cc(-c3ccnc(Cl)c3)cc12. The van der Waals surface area contributed by atoms with Gasteiger partial charge < -0.3 is 16.0 Å². The van der Waals surface area contributed by atoms with Gasteiger partial charge in [-0.05, 0) is 55.4 Å². The van der Waals surface area contributed by atoms with E-state index in [-0.39, 0.29) is 23.4 Å². The maximum absolute atomic E-state index is 13.2. The maximum atomic E-state index is 13.2. The number of rotatable bonds is 6. The van der Waals surface area contributed by atoms with Crippen molar-refractivity contribution in [1.29, 1.82) is 5.26 Å². The van der Waals surface area contributed by atoms with Crippen molar-refractivity contribution in [1.82, 2.24) is 19.5 Å². The Morgan fingerprint density at radius 1 is 1.31 bits per heavy atom. The number of hydrogen-bond acceptors (Lipinski definition) is 6. The van der Waals surface area contributed by atoms with Crippen LogP contribution in [-0.2, 0) is 4.79 Å². The first kappa shape index (κ1) is 23.1. The molecule has 0 aromatic carbocycles. The number of amides is 2. The van der Waals surface area contributed by atoms with Crippen molar-refractivity contribution >= 4 is 34.6 Å². The number of primary amides is 1. The molecule has 0 spiro atoms. The van der Waals surface area contributed by atoms with Crippen LogP contribution in [-0.4, -0.2) is 50.4 Å². The molecule has 1 saturated heterocycles. The number of carbonyl (C=O) groups excluding carboxylic acids is 2. The van der Waals surface area contributed by atoms with Crippen molar-refractivity contribution in [2.45, 2.75) is 38.6 Å². The van der Waals surface area contributed by atoms with Crippen molar-refractivity contribution in [2.75, 3.05) is 18.4 Å². The van der Waals surface area contributed by atoms with Crippen LogP contribution in [0.3, 0.4) is 0 Å². The van der Waals surface area contributed by atoms with Gasteiger partial charge in [0.25, 0.3) is 5.91 Å². The van der Waals surface area contributed by atoms with Crippen molar-refractivity contribution in [3.8, 4) is 17.2 Å². The quantitative estimate of drug-likeness (QED) is 0.508. The van der Waals surface area contributed by atoms with E-state index >= 15 is 0 Å². The number of hydrogen-bond donors (Lipinski definition) is 2. The van der Waals surface area contributed by atoms with Crippen LogP contribution < -0.4 is 11.1 Å². The Morgan fingerprint density at radius 3 is 2.74 bits per heavy atom. The summed E-state index contributed by atoms with van der Waals surface area (Å²) >= 11 is 6.07. The highest BCUT2D eigenvalue weighted by Gasteiger charge is 2.49. The lowest BCUT2D eigenvalue weighted by Gasteiger charge is -2.36. The predicted octanol–water partition coefficient (Wildman–Crippen LogP) is 3.49. The van der Waals surface area contributed by atoms with Crippen LogP contribution in [0.1, 0.15) is 43.0 Å². The fraction of sp³-hybridized carbons (Fsp3) is 0.400. The average molecular weight is 492 g/mol. The highest BCUT2D eigenvalue weighted by Crippen LogP contribution is 2.43.